The number of rotatable bonds is 14. The largest absolute Gasteiger partial charge is 0.128 e. The Morgan fingerprint density at radius 2 is 0.548 bits per heavy atom. The summed E-state index contributed by atoms with van der Waals surface area (Å²) >= 11 is 0. The van der Waals surface area contributed by atoms with E-state index in [1.165, 1.54) is 0 Å². The van der Waals surface area contributed by atoms with Gasteiger partial charge in [0.1, 0.15) is 0 Å². The predicted molar refractivity (Wildman–Crippen MR) is 183 cm³/mol. The molecule has 0 aliphatic carbocycles. The van der Waals surface area contributed by atoms with Crippen LogP contribution in [0.25, 0.3) is 0 Å². The molecule has 0 aliphatic rings. The fraction of sp³-hybridized carbons (Fsp3) is 0. The highest BCUT2D eigenvalue weighted by atomic mass is 13.3. The summed E-state index contributed by atoms with van der Waals surface area (Å²) in [6.45, 7) is 0. The van der Waals surface area contributed by atoms with Crippen molar-refractivity contribution in [3.8, 4) is 0 Å². The first-order chi connectivity index (χ1) is 14.1. The summed E-state index contributed by atoms with van der Waals surface area (Å²) in [4.78, 5) is 0. The topological polar surface area (TPSA) is 0 Å². The van der Waals surface area contributed by atoms with Crippen LogP contribution in [0.4, 0.5) is 0 Å². The molecule has 0 aromatic rings. The standard InChI is InChI=1S/B31H3/c1-18(2)28(19(3)4)26(29(20(5)6)21(7)8)17-27(30(22(9)10)23(11)12)31(24(13)14)25(15)16/h1H3/q-1. The molecule has 0 N–H and O–H groups in total. The van der Waals surface area contributed by atoms with Gasteiger partial charge in [0.15, 0.2) is 0 Å². The normalized spacial score (nSPS) is 9.45. The lowest BCUT2D eigenvalue weighted by Crippen LogP contribution is -2.83. The van der Waals surface area contributed by atoms with Crippen LogP contribution in [0.5, 0.6) is 0 Å². The maximum absolute atomic E-state index is 6.31. The van der Waals surface area contributed by atoms with Crippen LogP contribution in [0.1, 0.15) is 0 Å². The van der Waals surface area contributed by atoms with E-state index in [-0.39, 0.29) is 6.39 Å². The molecule has 0 unspecified atom stereocenters. The van der Waals surface area contributed by atoms with Crippen molar-refractivity contribution in [2.45, 2.75) is 0 Å². The minimum Gasteiger partial charge on any atom is -0.128 e. The molecule has 0 nitrogen and oxygen atoms in total. The Morgan fingerprint density at radius 3 is 0.710 bits per heavy atom. The van der Waals surface area contributed by atoms with Crippen LogP contribution in [0, 0.1) is 0 Å². The Kier molecular flexibility index (Phi) is 16.2. The maximum atomic E-state index is 6.31. The van der Waals surface area contributed by atoms with Crippen LogP contribution >= 0.6 is 0 Å². The van der Waals surface area contributed by atoms with Crippen molar-refractivity contribution >= 4 is 220 Å². The van der Waals surface area contributed by atoms with Crippen LogP contribution in [-0.4, -0.2) is 220 Å². The van der Waals surface area contributed by atoms with Gasteiger partial charge in [-0.2, -0.15) is 0 Å². The zero-order valence-corrected chi connectivity index (χ0v) is 17.3. The number of hydrogen-bond acceptors (Lipinski definition) is 0. The molecule has 0 heterocycles. The third-order valence-electron chi connectivity index (χ3n) is 5.56. The van der Waals surface area contributed by atoms with Gasteiger partial charge in [-0.25, -0.2) is 0 Å². The van der Waals surface area contributed by atoms with Gasteiger partial charge >= 0.3 is 0 Å². The molecule has 0 spiro atoms. The van der Waals surface area contributed by atoms with Gasteiger partial charge in [-0.1, -0.05) is 7.74 Å². The summed E-state index contributed by atoms with van der Waals surface area (Å²) in [7, 11) is 92.2. The molecule has 0 fully saturated rings. The van der Waals surface area contributed by atoms with E-state index in [2.05, 4.69) is 0 Å². The smallest absolute Gasteiger partial charge is 0.0000000000000852 e. The summed E-state index contributed by atoms with van der Waals surface area (Å²) in [6.07, 6.45) is -10.6. The van der Waals surface area contributed by atoms with Crippen LogP contribution in [0.2, 0.25) is 0 Å². The first-order valence-corrected chi connectivity index (χ1v) is 9.67. The fourth-order valence-corrected chi connectivity index (χ4v) is 4.11. The van der Waals surface area contributed by atoms with Gasteiger partial charge in [0.05, 0.1) is 0 Å². The van der Waals surface area contributed by atoms with Crippen molar-refractivity contribution in [3.63, 3.8) is 0 Å². The first kappa shape index (κ1) is 33.0. The van der Waals surface area contributed by atoms with E-state index in [9.17, 15) is 0 Å². The highest BCUT2D eigenvalue weighted by molar-refractivity contribution is 8.22. The van der Waals surface area contributed by atoms with E-state index in [1.54, 1.807) is 7.06 Å². The van der Waals surface area contributed by atoms with Gasteiger partial charge in [-0.05, 0) is 206 Å². The van der Waals surface area contributed by atoms with Gasteiger partial charge in [0.25, 0.3) is 0 Å². The minimum absolute atomic E-state index is 0.255. The molecule has 31 heteroatoms. The monoisotopic (exact) mass is 344 g/mol. The Labute approximate surface area is 219 Å². The minimum atomic E-state index is -0.958. The summed E-state index contributed by atoms with van der Waals surface area (Å²) in [5.74, 6) is 0. The van der Waals surface area contributed by atoms with Gasteiger partial charge in [0, 0.05) is 0 Å². The zero-order chi connectivity index (χ0) is 24.8. The van der Waals surface area contributed by atoms with Crippen LogP contribution < -0.4 is 0 Å². The first-order valence-electron chi connectivity index (χ1n) is 9.67. The fourth-order valence-electron chi connectivity index (χ4n) is 4.11. The lowest BCUT2D eigenvalue weighted by atomic mass is 8.36. The molecule has 0 aromatic carbocycles. The van der Waals surface area contributed by atoms with Gasteiger partial charge in [-0.15, -0.1) is 6.39 Å². The lowest BCUT2D eigenvalue weighted by Gasteiger charge is -2.46. The molecule has 0 bridgehead atoms. The molecule has 0 atom stereocenters. The van der Waals surface area contributed by atoms with Gasteiger partial charge < -0.3 is 0 Å². The second-order valence-corrected chi connectivity index (χ2v) is 7.89. The molecule has 31 radical (unpaired) electrons. The third kappa shape index (κ3) is 9.88. The molecular weight excluding hydrogens is 335 g/mol. The predicted octanol–water partition coefficient (Wildman–Crippen LogP) is -12.6. The van der Waals surface area contributed by atoms with E-state index in [0.717, 1.165) is 0 Å². The zero-order valence-electron chi connectivity index (χ0n) is 17.3. The molecular formula is H3B31-. The van der Waals surface area contributed by atoms with Crippen molar-refractivity contribution in [3.05, 3.63) is 0 Å². The molecule has 0 saturated heterocycles. The molecule has 0 amide bonds. The van der Waals surface area contributed by atoms with Crippen LogP contribution in [-0.2, 0) is 0 Å². The quantitative estimate of drug-likeness (QED) is 0.276. The Hall–Kier alpha value is 2.01. The second kappa shape index (κ2) is 15.2. The molecule has 0 aliphatic heterocycles. The van der Waals surface area contributed by atoms with E-state index < -0.39 is 90.7 Å². The van der Waals surface area contributed by atoms with Gasteiger partial charge in [0.2, 0.25) is 0 Å². The van der Waals surface area contributed by atoms with Crippen molar-refractivity contribution in [2.24, 2.45) is 0 Å². The van der Waals surface area contributed by atoms with Crippen LogP contribution in [0.15, 0.2) is 0 Å². The maximum Gasteiger partial charge on any atom is -0.0000000000000852 e. The molecule has 0 saturated carbocycles. The Morgan fingerprint density at radius 1 is 0.355 bits per heavy atom. The highest BCUT2D eigenvalue weighted by Crippen LogP contribution is 2.09. The van der Waals surface area contributed by atoms with Crippen molar-refractivity contribution in [1.29, 1.82) is 0 Å². The summed E-state index contributed by atoms with van der Waals surface area (Å²) in [6, 6.07) is 0. The summed E-state index contributed by atoms with van der Waals surface area (Å²) in [5.41, 5.74) is 0. The van der Waals surface area contributed by atoms with Crippen LogP contribution in [0.3, 0.4) is 0 Å². The Bertz CT molecular complexity index is 337. The molecule has 97 valence electrons. The molecule has 0 aromatic heterocycles. The average molecular weight is 338 g/mol. The molecule has 31 heavy (non-hydrogen) atoms. The number of hydrogen-bond donors (Lipinski definition) is 0. The summed E-state index contributed by atoms with van der Waals surface area (Å²) in [5, 5.41) is 0. The van der Waals surface area contributed by atoms with Gasteiger partial charge in [-0.3, -0.25) is 0 Å². The van der Waals surface area contributed by atoms with Crippen molar-refractivity contribution < 1.29 is 0 Å². The lowest BCUT2D eigenvalue weighted by molar-refractivity contribution is 3.31. The van der Waals surface area contributed by atoms with E-state index in [1.807, 2.05) is 0 Å². The highest BCUT2D eigenvalue weighted by Gasteiger charge is 2.46. The van der Waals surface area contributed by atoms with E-state index >= 15 is 0 Å². The molecule has 0 rings (SSSR count). The van der Waals surface area contributed by atoms with E-state index in [0.29, 0.717) is 0 Å². The SMILES string of the molecule is [B]B([B])B(B([B])[B])B([B]B(B(B([B])[B])B([B])[B])B(B([B])[B])B([B])[BH3-])B(B([B])[B])B([B])[B]. The summed E-state index contributed by atoms with van der Waals surface area (Å²) < 4.78 is 0. The van der Waals surface area contributed by atoms with Crippen molar-refractivity contribution in [1.82, 2.24) is 0 Å². The Balaban J connectivity index is 6.71. The average Bonchev–Trinajstić information content (AvgIpc) is 2.51. The van der Waals surface area contributed by atoms with E-state index in [4.69, 9.17) is 116 Å². The van der Waals surface area contributed by atoms with Crippen molar-refractivity contribution in [2.75, 3.05) is 0 Å². The third-order valence-corrected chi connectivity index (χ3v) is 5.56. The second-order valence-electron chi connectivity index (χ2n) is 7.89.